The molecule has 178 valence electrons. The second-order valence-corrected chi connectivity index (χ2v) is 8.85. The van der Waals surface area contributed by atoms with Crippen molar-refractivity contribution < 1.29 is 27.5 Å². The van der Waals surface area contributed by atoms with Crippen LogP contribution in [0.4, 0.5) is 5.69 Å². The van der Waals surface area contributed by atoms with Gasteiger partial charge in [0, 0.05) is 17.8 Å². The van der Waals surface area contributed by atoms with E-state index < -0.39 is 15.9 Å². The molecule has 2 amide bonds. The minimum Gasteiger partial charge on any atom is -0.497 e. The van der Waals surface area contributed by atoms with E-state index in [2.05, 4.69) is 15.4 Å². The summed E-state index contributed by atoms with van der Waals surface area (Å²) in [5, 5.41) is 5.23. The Bertz CT molecular complexity index is 1230. The Morgan fingerprint density at radius 1 is 0.765 bits per heavy atom. The molecule has 3 N–H and O–H groups in total. The van der Waals surface area contributed by atoms with Crippen LogP contribution in [0.5, 0.6) is 11.5 Å². The molecule has 0 radical (unpaired) electrons. The highest BCUT2D eigenvalue weighted by molar-refractivity contribution is 7.92. The van der Waals surface area contributed by atoms with Gasteiger partial charge in [-0.15, -0.1) is 0 Å². The normalized spacial score (nSPS) is 10.8. The molecule has 9 nitrogen and oxygen atoms in total. The lowest BCUT2D eigenvalue weighted by Gasteiger charge is -2.10. The number of hydrogen-bond acceptors (Lipinski definition) is 6. The molecule has 0 aliphatic heterocycles. The van der Waals surface area contributed by atoms with Gasteiger partial charge in [0.1, 0.15) is 11.5 Å². The van der Waals surface area contributed by atoms with E-state index in [-0.39, 0.29) is 22.9 Å². The van der Waals surface area contributed by atoms with Gasteiger partial charge in [-0.25, -0.2) is 8.42 Å². The Balaban J connectivity index is 1.50. The van der Waals surface area contributed by atoms with Crippen molar-refractivity contribution in [1.82, 2.24) is 10.6 Å². The number of sulfonamides is 1. The van der Waals surface area contributed by atoms with Crippen molar-refractivity contribution in [1.29, 1.82) is 0 Å². The largest absolute Gasteiger partial charge is 0.497 e. The molecule has 0 fully saturated rings. The highest BCUT2D eigenvalue weighted by Crippen LogP contribution is 2.19. The van der Waals surface area contributed by atoms with Crippen molar-refractivity contribution in [3.63, 3.8) is 0 Å². The van der Waals surface area contributed by atoms with Crippen LogP contribution in [0.1, 0.15) is 15.9 Å². The number of amides is 2. The maximum absolute atomic E-state index is 12.6. The number of methoxy groups -OCH3 is 2. The lowest BCUT2D eigenvalue weighted by atomic mass is 10.2. The minimum absolute atomic E-state index is 0.00268. The summed E-state index contributed by atoms with van der Waals surface area (Å²) in [6, 6.07) is 19.1. The molecule has 10 heteroatoms. The molecule has 3 aromatic rings. The van der Waals surface area contributed by atoms with Gasteiger partial charge in [-0.3, -0.25) is 14.3 Å². The quantitative estimate of drug-likeness (QED) is 0.407. The summed E-state index contributed by atoms with van der Waals surface area (Å²) >= 11 is 0. The van der Waals surface area contributed by atoms with Crippen molar-refractivity contribution in [3.05, 3.63) is 83.9 Å². The zero-order chi connectivity index (χ0) is 24.6. The smallest absolute Gasteiger partial charge is 0.261 e. The number of nitrogens with one attached hydrogen (secondary N) is 3. The van der Waals surface area contributed by atoms with Gasteiger partial charge in [0.05, 0.1) is 25.7 Å². The maximum Gasteiger partial charge on any atom is 0.261 e. The van der Waals surface area contributed by atoms with E-state index in [1.54, 1.807) is 43.5 Å². The molecule has 0 bridgehead atoms. The fraction of sp³-hybridized carbons (Fsp3) is 0.167. The van der Waals surface area contributed by atoms with Gasteiger partial charge in [-0.2, -0.15) is 0 Å². The molecule has 0 aliphatic carbocycles. The SMILES string of the molecule is COc1ccc(CNC(=O)CNC(=O)c2ccc(S(=O)(=O)Nc3ccc(OC)cc3)cc2)cc1. The predicted octanol–water partition coefficient (Wildman–Crippen LogP) is 2.55. The number of anilines is 1. The topological polar surface area (TPSA) is 123 Å². The molecule has 0 spiro atoms. The highest BCUT2D eigenvalue weighted by atomic mass is 32.2. The maximum atomic E-state index is 12.6. The molecular weight excluding hydrogens is 458 g/mol. The second-order valence-electron chi connectivity index (χ2n) is 7.17. The summed E-state index contributed by atoms with van der Waals surface area (Å²) in [5.74, 6) is 0.476. The van der Waals surface area contributed by atoms with E-state index in [1.165, 1.54) is 31.4 Å². The molecule has 0 aliphatic rings. The molecule has 0 atom stereocenters. The number of ether oxygens (including phenoxy) is 2. The van der Waals surface area contributed by atoms with Crippen molar-refractivity contribution in [2.24, 2.45) is 0 Å². The Morgan fingerprint density at radius 2 is 1.32 bits per heavy atom. The second kappa shape index (κ2) is 11.2. The number of carbonyl (C=O) groups is 2. The van der Waals surface area contributed by atoms with Crippen molar-refractivity contribution >= 4 is 27.5 Å². The molecule has 0 unspecified atom stereocenters. The van der Waals surface area contributed by atoms with Crippen LogP contribution in [0.3, 0.4) is 0 Å². The zero-order valence-electron chi connectivity index (χ0n) is 18.7. The Kier molecular flexibility index (Phi) is 8.10. The van der Waals surface area contributed by atoms with Crippen molar-refractivity contribution in [2.75, 3.05) is 25.5 Å². The zero-order valence-corrected chi connectivity index (χ0v) is 19.5. The average Bonchev–Trinajstić information content (AvgIpc) is 2.86. The Hall–Kier alpha value is -4.05. The minimum atomic E-state index is -3.83. The predicted molar refractivity (Wildman–Crippen MR) is 127 cm³/mol. The molecule has 3 rings (SSSR count). The summed E-state index contributed by atoms with van der Waals surface area (Å²) in [6.07, 6.45) is 0. The van der Waals surface area contributed by atoms with Crippen LogP contribution in [0.2, 0.25) is 0 Å². The highest BCUT2D eigenvalue weighted by Gasteiger charge is 2.16. The molecule has 0 saturated heterocycles. The fourth-order valence-corrected chi connectivity index (χ4v) is 3.99. The number of rotatable bonds is 10. The molecule has 34 heavy (non-hydrogen) atoms. The lowest BCUT2D eigenvalue weighted by Crippen LogP contribution is -2.36. The van der Waals surface area contributed by atoms with Crippen LogP contribution in [-0.2, 0) is 21.4 Å². The summed E-state index contributed by atoms with van der Waals surface area (Å²) in [5.41, 5.74) is 1.50. The Labute approximate surface area is 198 Å². The third-order valence-electron chi connectivity index (χ3n) is 4.83. The standard InChI is InChI=1S/C24H25N3O6S/c1-32-20-9-3-17(4-10-20)15-25-23(28)16-26-24(29)18-5-13-22(14-6-18)34(30,31)27-19-7-11-21(33-2)12-8-19/h3-14,27H,15-16H2,1-2H3,(H,25,28)(H,26,29). The van der Waals surface area contributed by atoms with Gasteiger partial charge in [-0.05, 0) is 66.2 Å². The van der Waals surface area contributed by atoms with Crippen LogP contribution in [0.25, 0.3) is 0 Å². The third kappa shape index (κ3) is 6.72. The van der Waals surface area contributed by atoms with Crippen LogP contribution in [-0.4, -0.2) is 41.0 Å². The molecule has 0 aromatic heterocycles. The number of benzene rings is 3. The first-order valence-electron chi connectivity index (χ1n) is 10.3. The van der Waals surface area contributed by atoms with Gasteiger partial charge >= 0.3 is 0 Å². The third-order valence-corrected chi connectivity index (χ3v) is 6.22. The summed E-state index contributed by atoms with van der Waals surface area (Å²) in [4.78, 5) is 24.4. The van der Waals surface area contributed by atoms with Crippen molar-refractivity contribution in [2.45, 2.75) is 11.4 Å². The van der Waals surface area contributed by atoms with E-state index >= 15 is 0 Å². The summed E-state index contributed by atoms with van der Waals surface area (Å²) in [6.45, 7) is 0.0977. The molecule has 0 saturated carbocycles. The number of hydrogen-bond donors (Lipinski definition) is 3. The first kappa shape index (κ1) is 24.6. The molecule has 0 heterocycles. The van der Waals surface area contributed by atoms with Gasteiger partial charge in [0.25, 0.3) is 15.9 Å². The van der Waals surface area contributed by atoms with E-state index in [9.17, 15) is 18.0 Å². The van der Waals surface area contributed by atoms with Crippen LogP contribution < -0.4 is 24.8 Å². The average molecular weight is 484 g/mol. The van der Waals surface area contributed by atoms with E-state index in [4.69, 9.17) is 9.47 Å². The Morgan fingerprint density at radius 3 is 1.88 bits per heavy atom. The van der Waals surface area contributed by atoms with Crippen LogP contribution in [0.15, 0.2) is 77.7 Å². The first-order chi connectivity index (χ1) is 16.3. The van der Waals surface area contributed by atoms with Crippen LogP contribution in [0, 0.1) is 0 Å². The fourth-order valence-electron chi connectivity index (χ4n) is 2.93. The molecule has 3 aromatic carbocycles. The summed E-state index contributed by atoms with van der Waals surface area (Å²) < 4.78 is 37.8. The van der Waals surface area contributed by atoms with Gasteiger partial charge < -0.3 is 20.1 Å². The monoisotopic (exact) mass is 483 g/mol. The first-order valence-corrected chi connectivity index (χ1v) is 11.7. The lowest BCUT2D eigenvalue weighted by molar-refractivity contribution is -0.120. The van der Waals surface area contributed by atoms with Gasteiger partial charge in [0.15, 0.2) is 0 Å². The van der Waals surface area contributed by atoms with E-state index in [1.807, 2.05) is 12.1 Å². The summed E-state index contributed by atoms with van der Waals surface area (Å²) in [7, 11) is -0.739. The van der Waals surface area contributed by atoms with Crippen molar-refractivity contribution in [3.8, 4) is 11.5 Å². The van der Waals surface area contributed by atoms with Gasteiger partial charge in [0.2, 0.25) is 5.91 Å². The molecular formula is C24H25N3O6S. The number of carbonyl (C=O) groups excluding carboxylic acids is 2. The van der Waals surface area contributed by atoms with E-state index in [0.29, 0.717) is 18.0 Å². The van der Waals surface area contributed by atoms with E-state index in [0.717, 1.165) is 11.3 Å². The van der Waals surface area contributed by atoms with Gasteiger partial charge in [-0.1, -0.05) is 12.1 Å². The van der Waals surface area contributed by atoms with Crippen LogP contribution >= 0.6 is 0 Å².